The Balaban J connectivity index is 2.36. The van der Waals surface area contributed by atoms with Gasteiger partial charge in [0, 0.05) is 10.3 Å². The Morgan fingerprint density at radius 1 is 1.14 bits per heavy atom. The van der Waals surface area contributed by atoms with Crippen molar-refractivity contribution in [2.45, 2.75) is 90.0 Å². The van der Waals surface area contributed by atoms with Crippen molar-refractivity contribution in [2.24, 2.45) is 5.41 Å². The molecule has 35 heavy (non-hydrogen) atoms. The van der Waals surface area contributed by atoms with Crippen LogP contribution in [0, 0.1) is 19.3 Å². The molecule has 1 aromatic carbocycles. The molecule has 1 aromatic heterocycles. The fraction of sp³-hybridized carbons (Fsp3) is 0.593. The average Bonchev–Trinajstić information content (AvgIpc) is 3.20. The highest BCUT2D eigenvalue weighted by Gasteiger charge is 2.34. The third-order valence-electron chi connectivity index (χ3n) is 6.68. The lowest BCUT2D eigenvalue weighted by Crippen LogP contribution is -2.35. The monoisotopic (exact) mass is 523 g/mol. The van der Waals surface area contributed by atoms with Gasteiger partial charge in [0.1, 0.15) is 33.6 Å². The molecule has 0 saturated carbocycles. The second-order valence-electron chi connectivity index (χ2n) is 10.2. The predicted octanol–water partition coefficient (Wildman–Crippen LogP) is 5.43. The standard InChI is InChI=1S/C27H41NO5S2/c1-10-27(11-2,20-12-13-21(17(3)14-20)33-16-22(29)26(6,7)8)23-15-18(4)25(34-23)35(31)28-19(5)24(30)32-9/h12-15,19,22,28-29H,10-11,16H2,1-9H3/t19-,22?,35?/m1/s1. The minimum Gasteiger partial charge on any atom is -0.491 e. The van der Waals surface area contributed by atoms with E-state index < -0.39 is 29.1 Å². The molecule has 3 atom stereocenters. The molecule has 196 valence electrons. The largest absolute Gasteiger partial charge is 0.491 e. The molecule has 1 heterocycles. The zero-order valence-electron chi connectivity index (χ0n) is 22.5. The second kappa shape index (κ2) is 12.0. The van der Waals surface area contributed by atoms with Gasteiger partial charge in [-0.25, -0.2) is 8.93 Å². The summed E-state index contributed by atoms with van der Waals surface area (Å²) in [5.41, 5.74) is 2.65. The van der Waals surface area contributed by atoms with E-state index in [-0.39, 0.29) is 17.4 Å². The number of hydrogen-bond donors (Lipinski definition) is 2. The SMILES string of the molecule is CCC(CC)(c1ccc(OCC(O)C(C)(C)C)c(C)c1)c1cc(C)c(S(=O)N[C@H](C)C(=O)OC)s1. The zero-order valence-corrected chi connectivity index (χ0v) is 24.1. The molecule has 2 aromatic rings. The van der Waals surface area contributed by atoms with Crippen molar-refractivity contribution in [1.82, 2.24) is 4.72 Å². The van der Waals surface area contributed by atoms with Gasteiger partial charge in [0.25, 0.3) is 0 Å². The summed E-state index contributed by atoms with van der Waals surface area (Å²) in [6.07, 6.45) is 1.20. The van der Waals surface area contributed by atoms with Gasteiger partial charge in [-0.3, -0.25) is 4.79 Å². The summed E-state index contributed by atoms with van der Waals surface area (Å²) in [6, 6.07) is 7.70. The van der Waals surface area contributed by atoms with E-state index in [1.54, 1.807) is 6.92 Å². The quantitative estimate of drug-likeness (QED) is 0.384. The molecular weight excluding hydrogens is 482 g/mol. The number of nitrogens with one attached hydrogen (secondary N) is 1. The van der Waals surface area contributed by atoms with Crippen molar-refractivity contribution >= 4 is 28.3 Å². The molecule has 2 N–H and O–H groups in total. The van der Waals surface area contributed by atoms with Gasteiger partial charge in [0.15, 0.2) is 0 Å². The van der Waals surface area contributed by atoms with Gasteiger partial charge < -0.3 is 14.6 Å². The first-order valence-electron chi connectivity index (χ1n) is 12.1. The van der Waals surface area contributed by atoms with E-state index >= 15 is 0 Å². The van der Waals surface area contributed by atoms with Crippen molar-refractivity contribution in [3.05, 3.63) is 45.8 Å². The van der Waals surface area contributed by atoms with Crippen LogP contribution in [0.3, 0.4) is 0 Å². The van der Waals surface area contributed by atoms with Crippen LogP contribution in [0.2, 0.25) is 0 Å². The number of aryl methyl sites for hydroxylation is 2. The Kier molecular flexibility index (Phi) is 10.1. The van der Waals surface area contributed by atoms with Crippen LogP contribution in [0.1, 0.15) is 76.0 Å². The summed E-state index contributed by atoms with van der Waals surface area (Å²) < 4.78 is 27.3. The van der Waals surface area contributed by atoms with Gasteiger partial charge in [-0.1, -0.05) is 46.8 Å². The lowest BCUT2D eigenvalue weighted by molar-refractivity contribution is -0.142. The Morgan fingerprint density at radius 3 is 2.29 bits per heavy atom. The smallest absolute Gasteiger partial charge is 0.323 e. The summed E-state index contributed by atoms with van der Waals surface area (Å²) in [5, 5.41) is 10.3. The van der Waals surface area contributed by atoms with E-state index in [2.05, 4.69) is 36.8 Å². The van der Waals surface area contributed by atoms with Crippen LogP contribution in [0.15, 0.2) is 28.5 Å². The van der Waals surface area contributed by atoms with E-state index in [9.17, 15) is 14.1 Å². The minimum atomic E-state index is -1.52. The summed E-state index contributed by atoms with van der Waals surface area (Å²) in [4.78, 5) is 12.9. The minimum absolute atomic E-state index is 0.236. The number of ether oxygens (including phenoxy) is 2. The molecule has 0 spiro atoms. The predicted molar refractivity (Wildman–Crippen MR) is 144 cm³/mol. The topological polar surface area (TPSA) is 84.9 Å². The van der Waals surface area contributed by atoms with Gasteiger partial charge in [-0.2, -0.15) is 0 Å². The van der Waals surface area contributed by atoms with Crippen molar-refractivity contribution in [3.8, 4) is 5.75 Å². The van der Waals surface area contributed by atoms with Gasteiger partial charge in [-0.15, -0.1) is 11.3 Å². The number of hydrogen-bond acceptors (Lipinski definition) is 6. The number of carbonyl (C=O) groups excluding carboxylic acids is 1. The molecule has 8 heteroatoms. The number of thiophene rings is 1. The molecule has 0 bridgehead atoms. The summed E-state index contributed by atoms with van der Waals surface area (Å²) in [7, 11) is -0.201. The van der Waals surface area contributed by atoms with Gasteiger partial charge in [-0.05, 0) is 67.9 Å². The number of esters is 1. The number of benzene rings is 1. The number of methoxy groups -OCH3 is 1. The fourth-order valence-corrected chi connectivity index (χ4v) is 6.85. The maximum atomic E-state index is 13.0. The van der Waals surface area contributed by atoms with Crippen molar-refractivity contribution in [2.75, 3.05) is 13.7 Å². The Bertz CT molecular complexity index is 1040. The third-order valence-corrected chi connectivity index (χ3v) is 9.85. The lowest BCUT2D eigenvalue weighted by atomic mass is 9.74. The molecule has 0 amide bonds. The Labute approximate surface area is 217 Å². The van der Waals surface area contributed by atoms with E-state index in [0.717, 1.165) is 38.8 Å². The molecule has 0 aliphatic rings. The summed E-state index contributed by atoms with van der Waals surface area (Å²) >= 11 is 1.53. The fourth-order valence-electron chi connectivity index (χ4n) is 4.00. The molecule has 0 fully saturated rings. The number of rotatable bonds is 11. The van der Waals surface area contributed by atoms with Crippen LogP contribution < -0.4 is 9.46 Å². The van der Waals surface area contributed by atoms with E-state index in [0.29, 0.717) is 0 Å². The molecule has 6 nitrogen and oxygen atoms in total. The maximum Gasteiger partial charge on any atom is 0.323 e. The average molecular weight is 524 g/mol. The van der Waals surface area contributed by atoms with E-state index in [4.69, 9.17) is 9.47 Å². The first kappa shape index (κ1) is 29.5. The molecule has 0 saturated heterocycles. The van der Waals surface area contributed by atoms with E-state index in [1.807, 2.05) is 40.7 Å². The van der Waals surface area contributed by atoms with Crippen LogP contribution in [0.4, 0.5) is 0 Å². The van der Waals surface area contributed by atoms with Crippen LogP contribution in [-0.4, -0.2) is 41.1 Å². The zero-order chi connectivity index (χ0) is 26.6. The number of aliphatic hydroxyl groups is 1. The highest BCUT2D eigenvalue weighted by Crippen LogP contribution is 2.44. The summed E-state index contributed by atoms with van der Waals surface area (Å²) in [5.74, 6) is 0.320. The molecule has 0 radical (unpaired) electrons. The number of carbonyl (C=O) groups is 1. The Morgan fingerprint density at radius 2 is 1.77 bits per heavy atom. The summed E-state index contributed by atoms with van der Waals surface area (Å²) in [6.45, 7) is 16.2. The van der Waals surface area contributed by atoms with Gasteiger partial charge in [0.2, 0.25) is 0 Å². The van der Waals surface area contributed by atoms with Crippen molar-refractivity contribution < 1.29 is 23.6 Å². The molecule has 0 aliphatic heterocycles. The second-order valence-corrected chi connectivity index (χ2v) is 12.7. The normalized spacial score (nSPS) is 14.9. The van der Waals surface area contributed by atoms with Gasteiger partial charge >= 0.3 is 5.97 Å². The maximum absolute atomic E-state index is 13.0. The molecule has 2 rings (SSSR count). The first-order chi connectivity index (χ1) is 16.3. The van der Waals surface area contributed by atoms with Crippen molar-refractivity contribution in [3.63, 3.8) is 0 Å². The lowest BCUT2D eigenvalue weighted by Gasteiger charge is -2.32. The van der Waals surface area contributed by atoms with Crippen LogP contribution >= 0.6 is 11.3 Å². The van der Waals surface area contributed by atoms with Gasteiger partial charge in [0.05, 0.1) is 13.2 Å². The highest BCUT2D eigenvalue weighted by molar-refractivity contribution is 7.85. The first-order valence-corrected chi connectivity index (χ1v) is 14.1. The van der Waals surface area contributed by atoms with Crippen molar-refractivity contribution in [1.29, 1.82) is 0 Å². The molecule has 0 aliphatic carbocycles. The number of aliphatic hydroxyl groups excluding tert-OH is 1. The highest BCUT2D eigenvalue weighted by atomic mass is 32.2. The molecule has 2 unspecified atom stereocenters. The Hall–Kier alpha value is -1.74. The molecular formula is C27H41NO5S2. The third kappa shape index (κ3) is 6.73. The van der Waals surface area contributed by atoms with Crippen LogP contribution in [0.5, 0.6) is 5.75 Å². The van der Waals surface area contributed by atoms with E-state index in [1.165, 1.54) is 24.0 Å². The van der Waals surface area contributed by atoms with Crippen LogP contribution in [0.25, 0.3) is 0 Å². The van der Waals surface area contributed by atoms with Crippen LogP contribution in [-0.2, 0) is 25.9 Å².